The third-order valence-corrected chi connectivity index (χ3v) is 4.22. The smallest absolute Gasteiger partial charge is 0.240 e. The van der Waals surface area contributed by atoms with Crippen molar-refractivity contribution in [2.45, 2.75) is 25.9 Å². The number of carbonyl (C=O) groups is 1. The van der Waals surface area contributed by atoms with Gasteiger partial charge in [0.15, 0.2) is 0 Å². The minimum Gasteiger partial charge on any atom is -0.444 e. The first-order chi connectivity index (χ1) is 10.5. The summed E-state index contributed by atoms with van der Waals surface area (Å²) in [5, 5.41) is 3.53. The van der Waals surface area contributed by atoms with Gasteiger partial charge in [-0.25, -0.2) is 4.98 Å². The topological polar surface area (TPSA) is 58.4 Å². The minimum absolute atomic E-state index is 0.0392. The second-order valence-corrected chi connectivity index (χ2v) is 6.33. The van der Waals surface area contributed by atoms with E-state index in [4.69, 9.17) is 16.0 Å². The summed E-state index contributed by atoms with van der Waals surface area (Å²) >= 11 is 5.99. The molecule has 116 valence electrons. The molecule has 1 aliphatic rings. The van der Waals surface area contributed by atoms with Gasteiger partial charge in [-0.2, -0.15) is 0 Å². The molecule has 5 nitrogen and oxygen atoms in total. The molecule has 1 aliphatic heterocycles. The van der Waals surface area contributed by atoms with Gasteiger partial charge in [-0.15, -0.1) is 0 Å². The van der Waals surface area contributed by atoms with E-state index in [0.29, 0.717) is 24.0 Å². The molecule has 2 heterocycles. The number of hydrogen-bond acceptors (Lipinski definition) is 4. The molecule has 6 heteroatoms. The van der Waals surface area contributed by atoms with Gasteiger partial charge >= 0.3 is 0 Å². The Hall–Kier alpha value is -1.85. The van der Waals surface area contributed by atoms with E-state index in [0.717, 1.165) is 17.8 Å². The van der Waals surface area contributed by atoms with Crippen molar-refractivity contribution in [3.63, 3.8) is 0 Å². The summed E-state index contributed by atoms with van der Waals surface area (Å²) in [4.78, 5) is 18.6. The quantitative estimate of drug-likeness (QED) is 0.945. The van der Waals surface area contributed by atoms with E-state index in [-0.39, 0.29) is 5.91 Å². The number of carbonyl (C=O) groups excluding carboxylic acids is 1. The van der Waals surface area contributed by atoms with Gasteiger partial charge in [-0.1, -0.05) is 17.7 Å². The lowest BCUT2D eigenvalue weighted by Crippen LogP contribution is -2.61. The van der Waals surface area contributed by atoms with E-state index in [2.05, 4.69) is 15.2 Å². The zero-order valence-electron chi connectivity index (χ0n) is 12.6. The van der Waals surface area contributed by atoms with Crippen molar-refractivity contribution < 1.29 is 9.21 Å². The van der Waals surface area contributed by atoms with Crippen molar-refractivity contribution in [3.8, 4) is 11.5 Å². The molecule has 1 amide bonds. The highest BCUT2D eigenvalue weighted by Gasteiger charge is 2.37. The number of benzene rings is 1. The van der Waals surface area contributed by atoms with Crippen LogP contribution in [-0.2, 0) is 11.3 Å². The van der Waals surface area contributed by atoms with Crippen LogP contribution < -0.4 is 5.32 Å². The summed E-state index contributed by atoms with van der Waals surface area (Å²) < 4.78 is 5.55. The summed E-state index contributed by atoms with van der Waals surface area (Å²) in [7, 11) is 0. The first-order valence-corrected chi connectivity index (χ1v) is 7.58. The van der Waals surface area contributed by atoms with Crippen molar-refractivity contribution in [2.75, 3.05) is 13.1 Å². The van der Waals surface area contributed by atoms with Gasteiger partial charge in [0.05, 0.1) is 11.2 Å². The van der Waals surface area contributed by atoms with Gasteiger partial charge in [0, 0.05) is 30.2 Å². The maximum atomic E-state index is 12.0. The van der Waals surface area contributed by atoms with E-state index >= 15 is 0 Å². The predicted octanol–water partition coefficient (Wildman–Crippen LogP) is 2.71. The van der Waals surface area contributed by atoms with Gasteiger partial charge in [0.25, 0.3) is 0 Å². The summed E-state index contributed by atoms with van der Waals surface area (Å²) in [6.45, 7) is 5.85. The van der Waals surface area contributed by atoms with Gasteiger partial charge in [-0.3, -0.25) is 9.69 Å². The number of nitrogens with one attached hydrogen (secondary N) is 1. The van der Waals surface area contributed by atoms with Crippen LogP contribution in [0, 0.1) is 0 Å². The number of oxazole rings is 1. The van der Waals surface area contributed by atoms with Crippen molar-refractivity contribution in [1.29, 1.82) is 0 Å². The van der Waals surface area contributed by atoms with Crippen molar-refractivity contribution in [1.82, 2.24) is 15.2 Å². The van der Waals surface area contributed by atoms with Gasteiger partial charge in [0.1, 0.15) is 6.26 Å². The Balaban J connectivity index is 1.78. The second-order valence-electron chi connectivity index (χ2n) is 5.89. The van der Waals surface area contributed by atoms with Crippen LogP contribution in [0.15, 0.2) is 34.9 Å². The maximum absolute atomic E-state index is 12.0. The highest BCUT2D eigenvalue weighted by molar-refractivity contribution is 6.30. The summed E-state index contributed by atoms with van der Waals surface area (Å²) in [6.07, 6.45) is 1.64. The number of amides is 1. The summed E-state index contributed by atoms with van der Waals surface area (Å²) in [6, 6.07) is 7.39. The van der Waals surface area contributed by atoms with Crippen LogP contribution in [0.1, 0.15) is 19.5 Å². The Bertz CT molecular complexity index is 696. The van der Waals surface area contributed by atoms with E-state index in [1.807, 2.05) is 38.1 Å². The summed E-state index contributed by atoms with van der Waals surface area (Å²) in [5.41, 5.74) is 1.10. The third kappa shape index (κ3) is 2.87. The largest absolute Gasteiger partial charge is 0.444 e. The average Bonchev–Trinajstić information content (AvgIpc) is 2.93. The molecule has 0 unspecified atom stereocenters. The Labute approximate surface area is 134 Å². The molecule has 1 aromatic carbocycles. The fraction of sp³-hybridized carbons (Fsp3) is 0.375. The number of piperazine rings is 1. The minimum atomic E-state index is -0.548. The highest BCUT2D eigenvalue weighted by atomic mass is 35.5. The van der Waals surface area contributed by atoms with Gasteiger partial charge in [-0.05, 0) is 32.0 Å². The zero-order valence-corrected chi connectivity index (χ0v) is 13.4. The van der Waals surface area contributed by atoms with Crippen molar-refractivity contribution in [3.05, 3.63) is 41.2 Å². The molecule has 0 radical (unpaired) electrons. The Morgan fingerprint density at radius 2 is 2.27 bits per heavy atom. The fourth-order valence-corrected chi connectivity index (χ4v) is 2.74. The van der Waals surface area contributed by atoms with Gasteiger partial charge in [0.2, 0.25) is 11.8 Å². The molecule has 0 atom stereocenters. The van der Waals surface area contributed by atoms with Crippen LogP contribution in [0.4, 0.5) is 0 Å². The van der Waals surface area contributed by atoms with Crippen LogP contribution in [-0.4, -0.2) is 34.4 Å². The van der Waals surface area contributed by atoms with Crippen LogP contribution >= 0.6 is 11.6 Å². The number of rotatable bonds is 3. The van der Waals surface area contributed by atoms with Gasteiger partial charge < -0.3 is 9.73 Å². The molecular weight excluding hydrogens is 302 g/mol. The number of nitrogens with zero attached hydrogens (tertiary/aromatic N) is 2. The standard InChI is InChI=1S/C16H18ClN3O2/c1-16(2)15(21)18-6-7-20(16)9-13-10-22-14(19-13)11-4-3-5-12(17)8-11/h3-5,8,10H,6-7,9H2,1-2H3,(H,18,21). The predicted molar refractivity (Wildman–Crippen MR) is 84.4 cm³/mol. The zero-order chi connectivity index (χ0) is 15.7. The lowest BCUT2D eigenvalue weighted by molar-refractivity contribution is -0.135. The van der Waals surface area contributed by atoms with E-state index in [1.165, 1.54) is 0 Å². The lowest BCUT2D eigenvalue weighted by atomic mass is 9.99. The molecule has 2 aromatic rings. The van der Waals surface area contributed by atoms with Crippen LogP contribution in [0.5, 0.6) is 0 Å². The molecule has 0 bridgehead atoms. The van der Waals surface area contributed by atoms with E-state index < -0.39 is 5.54 Å². The van der Waals surface area contributed by atoms with Crippen LogP contribution in [0.25, 0.3) is 11.5 Å². The van der Waals surface area contributed by atoms with Crippen molar-refractivity contribution in [2.24, 2.45) is 0 Å². The van der Waals surface area contributed by atoms with Crippen LogP contribution in [0.3, 0.4) is 0 Å². The molecule has 1 saturated heterocycles. The molecule has 0 spiro atoms. The normalized spacial score (nSPS) is 18.2. The molecule has 1 aromatic heterocycles. The number of aromatic nitrogens is 1. The summed E-state index contributed by atoms with van der Waals surface area (Å²) in [5.74, 6) is 0.578. The monoisotopic (exact) mass is 319 g/mol. The maximum Gasteiger partial charge on any atom is 0.240 e. The van der Waals surface area contributed by atoms with E-state index in [9.17, 15) is 4.79 Å². The SMILES string of the molecule is CC1(C)C(=O)NCCN1Cc1coc(-c2cccc(Cl)c2)n1. The van der Waals surface area contributed by atoms with Crippen molar-refractivity contribution >= 4 is 17.5 Å². The highest BCUT2D eigenvalue weighted by Crippen LogP contribution is 2.24. The molecular formula is C16H18ClN3O2. The fourth-order valence-electron chi connectivity index (χ4n) is 2.55. The molecule has 22 heavy (non-hydrogen) atoms. The molecule has 1 fully saturated rings. The Morgan fingerprint density at radius 1 is 1.45 bits per heavy atom. The second kappa shape index (κ2) is 5.74. The van der Waals surface area contributed by atoms with E-state index in [1.54, 1.807) is 6.26 Å². The van der Waals surface area contributed by atoms with Crippen LogP contribution in [0.2, 0.25) is 5.02 Å². The Kier molecular flexibility index (Phi) is 3.93. The third-order valence-electron chi connectivity index (χ3n) is 3.99. The Morgan fingerprint density at radius 3 is 3.05 bits per heavy atom. The molecule has 0 aliphatic carbocycles. The lowest BCUT2D eigenvalue weighted by Gasteiger charge is -2.40. The number of hydrogen-bond donors (Lipinski definition) is 1. The molecule has 1 N–H and O–H groups in total. The first-order valence-electron chi connectivity index (χ1n) is 7.20. The average molecular weight is 320 g/mol. The first kappa shape index (κ1) is 15.1. The molecule has 3 rings (SSSR count). The number of halogens is 1. The molecule has 0 saturated carbocycles.